The third kappa shape index (κ3) is 3.78. The van der Waals surface area contributed by atoms with Gasteiger partial charge in [-0.3, -0.25) is 4.79 Å². The first-order chi connectivity index (χ1) is 13.9. The molecule has 0 aliphatic carbocycles. The van der Waals surface area contributed by atoms with Gasteiger partial charge in [-0.25, -0.2) is 8.78 Å². The molecule has 2 aromatic carbocycles. The second-order valence-electron chi connectivity index (χ2n) is 8.27. The van der Waals surface area contributed by atoms with Crippen LogP contribution in [-0.4, -0.2) is 51.8 Å². The maximum atomic E-state index is 14.9. The molecule has 4 nitrogen and oxygen atoms in total. The van der Waals surface area contributed by atoms with Crippen molar-refractivity contribution in [3.05, 3.63) is 53.1 Å². The minimum atomic E-state index is -1.57. The average Bonchev–Trinajstić information content (AvgIpc) is 2.62. The van der Waals surface area contributed by atoms with Gasteiger partial charge < -0.3 is 14.9 Å². The van der Waals surface area contributed by atoms with Crippen LogP contribution in [0, 0.1) is 11.6 Å². The highest BCUT2D eigenvalue weighted by molar-refractivity contribution is 8.32. The molecule has 0 fully saturated rings. The van der Waals surface area contributed by atoms with Crippen LogP contribution in [0.5, 0.6) is 0 Å². The Morgan fingerprint density at radius 1 is 0.933 bits per heavy atom. The first-order valence-electron chi connectivity index (χ1n) is 9.63. The Morgan fingerprint density at radius 2 is 1.37 bits per heavy atom. The molecule has 2 aromatic rings. The third-order valence-electron chi connectivity index (χ3n) is 5.45. The molecule has 1 heterocycles. The highest BCUT2D eigenvalue weighted by atomic mass is 32.3. The van der Waals surface area contributed by atoms with Gasteiger partial charge in [0.25, 0.3) is 0 Å². The second kappa shape index (κ2) is 7.95. The van der Waals surface area contributed by atoms with E-state index in [1.165, 1.54) is 12.1 Å². The van der Waals surface area contributed by atoms with E-state index in [0.717, 1.165) is 9.79 Å². The largest absolute Gasteiger partial charge is 0.481 e. The third-order valence-corrected chi connectivity index (χ3v) is 8.32. The number of halogens is 2. The quantitative estimate of drug-likeness (QED) is 0.704. The predicted molar refractivity (Wildman–Crippen MR) is 121 cm³/mol. The molecule has 0 unspecified atom stereocenters. The normalized spacial score (nSPS) is 15.1. The Balaban J connectivity index is 2.33. The Morgan fingerprint density at radius 3 is 1.73 bits per heavy atom. The molecule has 0 saturated heterocycles. The van der Waals surface area contributed by atoms with E-state index in [1.807, 2.05) is 12.1 Å². The van der Waals surface area contributed by atoms with Crippen LogP contribution in [0.15, 0.2) is 40.1 Å². The van der Waals surface area contributed by atoms with Gasteiger partial charge in [-0.05, 0) is 59.9 Å². The average molecular weight is 435 g/mol. The van der Waals surface area contributed by atoms with Gasteiger partial charge in [-0.15, -0.1) is 0 Å². The number of anilines is 2. The smallest absolute Gasteiger partial charge is 0.303 e. The zero-order valence-corrected chi connectivity index (χ0v) is 19.0. The zero-order valence-electron chi connectivity index (χ0n) is 18.2. The van der Waals surface area contributed by atoms with E-state index >= 15 is 0 Å². The highest BCUT2D eigenvalue weighted by Crippen LogP contribution is 2.65. The molecule has 3 rings (SSSR count). The Labute approximate surface area is 178 Å². The molecule has 0 bridgehead atoms. The number of carboxylic acid groups (broad SMARTS) is 1. The highest BCUT2D eigenvalue weighted by Gasteiger charge is 2.34. The fourth-order valence-corrected chi connectivity index (χ4v) is 6.35. The summed E-state index contributed by atoms with van der Waals surface area (Å²) < 4.78 is 29.8. The number of nitrogens with zero attached hydrogens (tertiary/aromatic N) is 2. The SMILES string of the molecule is CN(C)c1cc2c(cc1F)C(=CCCC(=O)O)c1cc(F)c(N(C)C)cc1S2(C)C. The minimum absolute atomic E-state index is 0.0407. The summed E-state index contributed by atoms with van der Waals surface area (Å²) in [6.45, 7) is 0. The first-order valence-corrected chi connectivity index (χ1v) is 12.1. The van der Waals surface area contributed by atoms with Gasteiger partial charge in [-0.2, -0.15) is 10.0 Å². The first kappa shape index (κ1) is 22.2. The fourth-order valence-electron chi connectivity index (χ4n) is 3.86. The number of aliphatic carboxylic acids is 1. The maximum absolute atomic E-state index is 14.9. The lowest BCUT2D eigenvalue weighted by molar-refractivity contribution is -0.136. The Hall–Kier alpha value is -2.54. The Kier molecular flexibility index (Phi) is 5.87. The van der Waals surface area contributed by atoms with Crippen molar-refractivity contribution < 1.29 is 18.7 Å². The summed E-state index contributed by atoms with van der Waals surface area (Å²) in [5.41, 5.74) is 3.12. The molecule has 0 spiro atoms. The molecular weight excluding hydrogens is 406 g/mol. The monoisotopic (exact) mass is 434 g/mol. The van der Waals surface area contributed by atoms with Crippen LogP contribution in [0.4, 0.5) is 20.2 Å². The number of benzene rings is 2. The number of carboxylic acids is 1. The summed E-state index contributed by atoms with van der Waals surface area (Å²) in [6.07, 6.45) is 6.30. The number of fused-ring (bicyclic) bond motifs is 2. The van der Waals surface area contributed by atoms with E-state index in [9.17, 15) is 13.6 Å². The molecule has 0 radical (unpaired) electrons. The molecule has 30 heavy (non-hydrogen) atoms. The van der Waals surface area contributed by atoms with Crippen LogP contribution in [0.25, 0.3) is 5.57 Å². The Bertz CT molecular complexity index is 976. The topological polar surface area (TPSA) is 43.8 Å². The van der Waals surface area contributed by atoms with Gasteiger partial charge in [0.1, 0.15) is 11.6 Å². The fraction of sp³-hybridized carbons (Fsp3) is 0.348. The zero-order chi connectivity index (χ0) is 22.4. The molecule has 1 aliphatic rings. The van der Waals surface area contributed by atoms with Crippen molar-refractivity contribution in [3.63, 3.8) is 0 Å². The van der Waals surface area contributed by atoms with Crippen molar-refractivity contribution in [2.75, 3.05) is 50.5 Å². The molecule has 0 saturated carbocycles. The maximum Gasteiger partial charge on any atom is 0.303 e. The van der Waals surface area contributed by atoms with Gasteiger partial charge in [0.15, 0.2) is 0 Å². The second-order valence-corrected chi connectivity index (χ2v) is 11.8. The van der Waals surface area contributed by atoms with Gasteiger partial charge in [0.05, 0.1) is 11.4 Å². The molecule has 1 aliphatic heterocycles. The lowest BCUT2D eigenvalue weighted by atomic mass is 9.94. The number of hydrogen-bond acceptors (Lipinski definition) is 3. The summed E-state index contributed by atoms with van der Waals surface area (Å²) in [5.74, 6) is -1.61. The number of carbonyl (C=O) groups is 1. The van der Waals surface area contributed by atoms with Gasteiger partial charge in [0.2, 0.25) is 0 Å². The summed E-state index contributed by atoms with van der Waals surface area (Å²) in [6, 6.07) is 6.78. The van der Waals surface area contributed by atoms with Crippen LogP contribution >= 0.6 is 10.0 Å². The van der Waals surface area contributed by atoms with E-state index in [1.54, 1.807) is 44.1 Å². The van der Waals surface area contributed by atoms with Crippen molar-refractivity contribution in [2.45, 2.75) is 22.6 Å². The van der Waals surface area contributed by atoms with E-state index in [4.69, 9.17) is 5.11 Å². The number of hydrogen-bond donors (Lipinski definition) is 1. The summed E-state index contributed by atoms with van der Waals surface area (Å²) in [5, 5.41) is 9.04. The molecule has 1 N–H and O–H groups in total. The van der Waals surface area contributed by atoms with Crippen molar-refractivity contribution in [1.82, 2.24) is 0 Å². The minimum Gasteiger partial charge on any atom is -0.481 e. The van der Waals surface area contributed by atoms with E-state index in [-0.39, 0.29) is 24.5 Å². The molecule has 0 amide bonds. The molecule has 0 aromatic heterocycles. The van der Waals surface area contributed by atoms with E-state index in [2.05, 4.69) is 12.5 Å². The molecule has 162 valence electrons. The van der Waals surface area contributed by atoms with Crippen LogP contribution in [-0.2, 0) is 4.79 Å². The van der Waals surface area contributed by atoms with Crippen LogP contribution in [0.1, 0.15) is 24.0 Å². The lowest BCUT2D eigenvalue weighted by Gasteiger charge is -2.42. The molecule has 7 heteroatoms. The predicted octanol–water partition coefficient (Wildman–Crippen LogP) is 5.19. The van der Waals surface area contributed by atoms with Gasteiger partial charge >= 0.3 is 5.97 Å². The van der Waals surface area contributed by atoms with E-state index in [0.29, 0.717) is 28.1 Å². The summed E-state index contributed by atoms with van der Waals surface area (Å²) in [4.78, 5) is 16.5. The van der Waals surface area contributed by atoms with Crippen molar-refractivity contribution in [2.24, 2.45) is 0 Å². The van der Waals surface area contributed by atoms with Crippen molar-refractivity contribution >= 4 is 32.9 Å². The lowest BCUT2D eigenvalue weighted by Crippen LogP contribution is -2.17. The standard InChI is InChI=1S/C23H28F2N2O2S/c1-26(2)19-12-21-15(10-17(19)24)14(8-7-9-23(28)29)16-11-18(25)20(27(3)4)13-22(16)30(21,5)6/h8,10-13H,7,9H2,1-6H3,(H,28,29). The number of rotatable bonds is 5. The molecule has 0 atom stereocenters. The summed E-state index contributed by atoms with van der Waals surface area (Å²) in [7, 11) is 5.63. The van der Waals surface area contributed by atoms with Crippen LogP contribution in [0.2, 0.25) is 0 Å². The van der Waals surface area contributed by atoms with Gasteiger partial charge in [0, 0.05) is 44.4 Å². The number of allylic oxidation sites excluding steroid dienone is 1. The van der Waals surface area contributed by atoms with Crippen molar-refractivity contribution in [1.29, 1.82) is 0 Å². The summed E-state index contributed by atoms with van der Waals surface area (Å²) >= 11 is 0. The van der Waals surface area contributed by atoms with Crippen molar-refractivity contribution in [3.8, 4) is 0 Å². The molecular formula is C23H28F2N2O2S. The van der Waals surface area contributed by atoms with Crippen LogP contribution < -0.4 is 9.80 Å². The van der Waals surface area contributed by atoms with Gasteiger partial charge in [-0.1, -0.05) is 6.08 Å². The van der Waals surface area contributed by atoms with E-state index < -0.39 is 16.0 Å². The van der Waals surface area contributed by atoms with Crippen LogP contribution in [0.3, 0.4) is 0 Å².